The van der Waals surface area contributed by atoms with Gasteiger partial charge in [-0.25, -0.2) is 0 Å². The van der Waals surface area contributed by atoms with E-state index < -0.39 is 0 Å². The minimum Gasteiger partial charge on any atom is -0.468 e. The fourth-order valence-electron chi connectivity index (χ4n) is 1.85. The average Bonchev–Trinajstić information content (AvgIpc) is 2.72. The van der Waals surface area contributed by atoms with Gasteiger partial charge >= 0.3 is 0 Å². The van der Waals surface area contributed by atoms with Gasteiger partial charge in [-0.3, -0.25) is 0 Å². The summed E-state index contributed by atoms with van der Waals surface area (Å²) in [6.07, 6.45) is 4.07. The van der Waals surface area contributed by atoms with E-state index in [0.29, 0.717) is 6.04 Å². The Hall–Kier alpha value is -0.800. The van der Waals surface area contributed by atoms with Gasteiger partial charge in [0.15, 0.2) is 0 Å². The maximum atomic E-state index is 5.41. The van der Waals surface area contributed by atoms with Crippen molar-refractivity contribution >= 4 is 0 Å². The minimum atomic E-state index is 0.275. The Morgan fingerprint density at radius 2 is 2.50 bits per heavy atom. The summed E-state index contributed by atoms with van der Waals surface area (Å²) < 4.78 is 10.7. The van der Waals surface area contributed by atoms with E-state index in [0.717, 1.165) is 25.4 Å². The Bertz CT molecular complexity index is 252. The molecule has 1 saturated heterocycles. The third-order valence-corrected chi connectivity index (χ3v) is 2.62. The van der Waals surface area contributed by atoms with Crippen molar-refractivity contribution in [1.29, 1.82) is 0 Å². The topological polar surface area (TPSA) is 34.4 Å². The molecule has 0 amide bonds. The Labute approximate surface area is 84.4 Å². The summed E-state index contributed by atoms with van der Waals surface area (Å²) in [5.74, 6) is 0.996. The highest BCUT2D eigenvalue weighted by Crippen LogP contribution is 2.15. The number of rotatable bonds is 3. The van der Waals surface area contributed by atoms with Crippen molar-refractivity contribution in [3.63, 3.8) is 0 Å². The van der Waals surface area contributed by atoms with Crippen molar-refractivity contribution in [2.45, 2.75) is 31.8 Å². The van der Waals surface area contributed by atoms with Crippen molar-refractivity contribution < 1.29 is 9.15 Å². The second-order valence-electron chi connectivity index (χ2n) is 3.82. The van der Waals surface area contributed by atoms with Crippen LogP contribution in [-0.2, 0) is 4.74 Å². The zero-order valence-electron chi connectivity index (χ0n) is 8.53. The number of nitrogens with one attached hydrogen (secondary N) is 1. The van der Waals surface area contributed by atoms with E-state index in [4.69, 9.17) is 9.15 Å². The molecular weight excluding hydrogens is 178 g/mol. The van der Waals surface area contributed by atoms with Gasteiger partial charge in [0.2, 0.25) is 0 Å². The Balaban J connectivity index is 1.84. The largest absolute Gasteiger partial charge is 0.468 e. The van der Waals surface area contributed by atoms with Gasteiger partial charge in [0.1, 0.15) is 5.76 Å². The monoisotopic (exact) mass is 195 g/mol. The minimum absolute atomic E-state index is 0.275. The van der Waals surface area contributed by atoms with Crippen LogP contribution in [0.3, 0.4) is 0 Å². The van der Waals surface area contributed by atoms with Gasteiger partial charge in [0.05, 0.1) is 18.9 Å². The van der Waals surface area contributed by atoms with E-state index in [2.05, 4.69) is 12.2 Å². The highest BCUT2D eigenvalue weighted by atomic mass is 16.5. The molecule has 2 atom stereocenters. The number of ether oxygens (including phenoxy) is 1. The van der Waals surface area contributed by atoms with Crippen LogP contribution >= 0.6 is 0 Å². The molecule has 78 valence electrons. The van der Waals surface area contributed by atoms with Crippen LogP contribution in [0.15, 0.2) is 22.8 Å². The second kappa shape index (κ2) is 4.62. The van der Waals surface area contributed by atoms with E-state index in [1.165, 1.54) is 6.42 Å². The van der Waals surface area contributed by atoms with Crippen LogP contribution in [-0.4, -0.2) is 19.3 Å². The third kappa shape index (κ3) is 2.36. The molecule has 1 aliphatic heterocycles. The van der Waals surface area contributed by atoms with Crippen LogP contribution in [0.4, 0.5) is 0 Å². The first-order valence-electron chi connectivity index (χ1n) is 5.23. The van der Waals surface area contributed by atoms with E-state index in [9.17, 15) is 0 Å². The van der Waals surface area contributed by atoms with Gasteiger partial charge in [-0.05, 0) is 31.9 Å². The van der Waals surface area contributed by atoms with Crippen LogP contribution < -0.4 is 5.32 Å². The van der Waals surface area contributed by atoms with Crippen LogP contribution in [0.2, 0.25) is 0 Å². The molecular formula is C11H17NO2. The van der Waals surface area contributed by atoms with Gasteiger partial charge in [-0.2, -0.15) is 0 Å². The lowest BCUT2D eigenvalue weighted by molar-refractivity contribution is 0.0661. The Morgan fingerprint density at radius 1 is 1.57 bits per heavy atom. The molecule has 3 nitrogen and oxygen atoms in total. The maximum Gasteiger partial charge on any atom is 0.120 e. The standard InChI is InChI=1S/C11H17NO2/c1-9(11-5-3-7-14-11)12-10-4-2-6-13-8-10/h3,5,7,9-10,12H,2,4,6,8H2,1H3/t9-,10?/m0/s1. The average molecular weight is 195 g/mol. The Morgan fingerprint density at radius 3 is 3.14 bits per heavy atom. The van der Waals surface area contributed by atoms with Crippen molar-refractivity contribution in [2.24, 2.45) is 0 Å². The molecule has 1 fully saturated rings. The van der Waals surface area contributed by atoms with Gasteiger partial charge < -0.3 is 14.5 Å². The molecule has 1 unspecified atom stereocenters. The molecule has 14 heavy (non-hydrogen) atoms. The van der Waals surface area contributed by atoms with Crippen molar-refractivity contribution in [3.8, 4) is 0 Å². The summed E-state index contributed by atoms with van der Waals surface area (Å²) in [5.41, 5.74) is 0. The summed E-state index contributed by atoms with van der Waals surface area (Å²) >= 11 is 0. The molecule has 1 aromatic rings. The molecule has 0 spiro atoms. The molecule has 3 heteroatoms. The van der Waals surface area contributed by atoms with E-state index in [-0.39, 0.29) is 6.04 Å². The summed E-state index contributed by atoms with van der Waals surface area (Å²) in [4.78, 5) is 0. The quantitative estimate of drug-likeness (QED) is 0.802. The lowest BCUT2D eigenvalue weighted by Crippen LogP contribution is -2.38. The molecule has 0 bridgehead atoms. The number of hydrogen-bond acceptors (Lipinski definition) is 3. The van der Waals surface area contributed by atoms with E-state index in [1.807, 2.05) is 12.1 Å². The molecule has 0 aromatic carbocycles. The molecule has 2 heterocycles. The molecule has 0 radical (unpaired) electrons. The zero-order chi connectivity index (χ0) is 9.80. The van der Waals surface area contributed by atoms with E-state index >= 15 is 0 Å². The normalized spacial score (nSPS) is 24.8. The second-order valence-corrected chi connectivity index (χ2v) is 3.82. The van der Waals surface area contributed by atoms with Crippen molar-refractivity contribution in [3.05, 3.63) is 24.2 Å². The fourth-order valence-corrected chi connectivity index (χ4v) is 1.85. The maximum absolute atomic E-state index is 5.41. The molecule has 0 aliphatic carbocycles. The fraction of sp³-hybridized carbons (Fsp3) is 0.636. The van der Waals surface area contributed by atoms with Gasteiger partial charge in [0, 0.05) is 12.6 Å². The lowest BCUT2D eigenvalue weighted by atomic mass is 10.1. The summed E-state index contributed by atoms with van der Waals surface area (Å²) in [5, 5.41) is 3.50. The molecule has 0 saturated carbocycles. The summed E-state index contributed by atoms with van der Waals surface area (Å²) in [6, 6.07) is 4.67. The van der Waals surface area contributed by atoms with Crippen LogP contribution in [0.1, 0.15) is 31.6 Å². The highest BCUT2D eigenvalue weighted by Gasteiger charge is 2.17. The first-order chi connectivity index (χ1) is 6.86. The van der Waals surface area contributed by atoms with Crippen LogP contribution in [0, 0.1) is 0 Å². The third-order valence-electron chi connectivity index (χ3n) is 2.62. The van der Waals surface area contributed by atoms with Gasteiger partial charge in [-0.1, -0.05) is 0 Å². The van der Waals surface area contributed by atoms with Crippen molar-refractivity contribution in [2.75, 3.05) is 13.2 Å². The van der Waals surface area contributed by atoms with Crippen LogP contribution in [0.5, 0.6) is 0 Å². The molecule has 1 aliphatic rings. The Kier molecular flexibility index (Phi) is 3.22. The van der Waals surface area contributed by atoms with Crippen LogP contribution in [0.25, 0.3) is 0 Å². The molecule has 1 aromatic heterocycles. The van der Waals surface area contributed by atoms with E-state index in [1.54, 1.807) is 6.26 Å². The zero-order valence-corrected chi connectivity index (χ0v) is 8.53. The molecule has 1 N–H and O–H groups in total. The van der Waals surface area contributed by atoms with Crippen molar-refractivity contribution in [1.82, 2.24) is 5.32 Å². The predicted molar refractivity (Wildman–Crippen MR) is 54.1 cm³/mol. The predicted octanol–water partition coefficient (Wildman–Crippen LogP) is 2.11. The number of furan rings is 1. The lowest BCUT2D eigenvalue weighted by Gasteiger charge is -2.25. The summed E-state index contributed by atoms with van der Waals surface area (Å²) in [7, 11) is 0. The molecule has 2 rings (SSSR count). The number of hydrogen-bond donors (Lipinski definition) is 1. The first-order valence-corrected chi connectivity index (χ1v) is 5.23. The summed E-state index contributed by atoms with van der Waals surface area (Å²) in [6.45, 7) is 3.85. The van der Waals surface area contributed by atoms with Gasteiger partial charge in [0.25, 0.3) is 0 Å². The van der Waals surface area contributed by atoms with Gasteiger partial charge in [-0.15, -0.1) is 0 Å². The SMILES string of the molecule is C[C@H](NC1CCCOC1)c1ccco1. The smallest absolute Gasteiger partial charge is 0.120 e. The highest BCUT2D eigenvalue weighted by molar-refractivity contribution is 5.03. The first kappa shape index (κ1) is 9.74.